The highest BCUT2D eigenvalue weighted by Crippen LogP contribution is 2.30. The Kier molecular flexibility index (Phi) is 4.35. The smallest absolute Gasteiger partial charge is 0.225 e. The number of halogens is 1. The summed E-state index contributed by atoms with van der Waals surface area (Å²) >= 11 is 6.10. The molecule has 118 valence electrons. The zero-order valence-corrected chi connectivity index (χ0v) is 13.9. The number of imidazole rings is 1. The second kappa shape index (κ2) is 6.42. The van der Waals surface area contributed by atoms with Gasteiger partial charge in [-0.3, -0.25) is 9.20 Å². The third-order valence-electron chi connectivity index (χ3n) is 3.61. The van der Waals surface area contributed by atoms with Crippen LogP contribution in [-0.2, 0) is 4.79 Å². The van der Waals surface area contributed by atoms with Crippen LogP contribution in [0, 0.1) is 6.92 Å². The van der Waals surface area contributed by atoms with Gasteiger partial charge in [0, 0.05) is 23.2 Å². The van der Waals surface area contributed by atoms with E-state index in [2.05, 4.69) is 10.3 Å². The lowest BCUT2D eigenvalue weighted by molar-refractivity contribution is -0.116. The molecule has 5 heteroatoms. The molecule has 4 nitrogen and oxygen atoms in total. The summed E-state index contributed by atoms with van der Waals surface area (Å²) in [5.41, 5.74) is 3.52. The van der Waals surface area contributed by atoms with Gasteiger partial charge in [-0.15, -0.1) is 0 Å². The summed E-state index contributed by atoms with van der Waals surface area (Å²) < 4.78 is 1.90. The Labute approximate surface area is 140 Å². The maximum atomic E-state index is 12.1. The van der Waals surface area contributed by atoms with Gasteiger partial charge in [0.1, 0.15) is 17.2 Å². The summed E-state index contributed by atoms with van der Waals surface area (Å²) in [4.78, 5) is 16.8. The van der Waals surface area contributed by atoms with Crippen molar-refractivity contribution >= 4 is 29.0 Å². The molecule has 0 radical (unpaired) electrons. The predicted octanol–water partition coefficient (Wildman–Crippen LogP) is 4.70. The van der Waals surface area contributed by atoms with Crippen molar-refractivity contribution in [3.63, 3.8) is 0 Å². The van der Waals surface area contributed by atoms with Crippen LogP contribution in [0.4, 0.5) is 5.82 Å². The molecule has 2 heterocycles. The Balaban J connectivity index is 2.17. The molecule has 23 heavy (non-hydrogen) atoms. The topological polar surface area (TPSA) is 46.4 Å². The molecule has 0 saturated heterocycles. The van der Waals surface area contributed by atoms with Crippen molar-refractivity contribution in [1.82, 2.24) is 9.38 Å². The van der Waals surface area contributed by atoms with E-state index in [4.69, 9.17) is 11.6 Å². The number of rotatable bonds is 4. The molecule has 0 aliphatic heterocycles. The van der Waals surface area contributed by atoms with E-state index < -0.39 is 0 Å². The summed E-state index contributed by atoms with van der Waals surface area (Å²) in [5.74, 6) is 0.666. The number of anilines is 1. The molecule has 0 aliphatic carbocycles. The summed E-state index contributed by atoms with van der Waals surface area (Å²) in [6, 6.07) is 11.5. The number of fused-ring (bicyclic) bond motifs is 1. The maximum absolute atomic E-state index is 12.1. The van der Waals surface area contributed by atoms with Crippen LogP contribution in [0.25, 0.3) is 16.9 Å². The van der Waals surface area contributed by atoms with Crippen LogP contribution >= 0.6 is 11.6 Å². The van der Waals surface area contributed by atoms with Crippen LogP contribution in [0.5, 0.6) is 0 Å². The fraction of sp³-hybridized carbons (Fsp3) is 0.222. The molecule has 2 aromatic heterocycles. The molecule has 0 aliphatic rings. The minimum absolute atomic E-state index is 0.0156. The molecule has 0 atom stereocenters. The number of hydrogen-bond acceptors (Lipinski definition) is 2. The summed E-state index contributed by atoms with van der Waals surface area (Å²) in [5, 5.41) is 3.63. The first-order valence-corrected chi connectivity index (χ1v) is 8.01. The van der Waals surface area contributed by atoms with Gasteiger partial charge in [0.2, 0.25) is 5.91 Å². The molecule has 1 amide bonds. The fourth-order valence-corrected chi connectivity index (χ4v) is 2.71. The molecule has 0 bridgehead atoms. The summed E-state index contributed by atoms with van der Waals surface area (Å²) in [6.07, 6.45) is 3.20. The predicted molar refractivity (Wildman–Crippen MR) is 93.9 cm³/mol. The molecule has 0 unspecified atom stereocenters. The Morgan fingerprint density at radius 3 is 2.87 bits per heavy atom. The van der Waals surface area contributed by atoms with Gasteiger partial charge in [-0.25, -0.2) is 4.98 Å². The van der Waals surface area contributed by atoms with Crippen molar-refractivity contribution in [3.8, 4) is 11.3 Å². The van der Waals surface area contributed by atoms with E-state index in [1.807, 2.05) is 60.8 Å². The quantitative estimate of drug-likeness (QED) is 0.754. The normalized spacial score (nSPS) is 10.9. The van der Waals surface area contributed by atoms with Crippen molar-refractivity contribution in [2.45, 2.75) is 26.7 Å². The SMILES string of the molecule is CCCC(=O)Nc1c(-c2cccc(Cl)c2)nc2cc(C)ccn12. The number of nitrogens with one attached hydrogen (secondary N) is 1. The molecule has 1 aromatic carbocycles. The fourth-order valence-electron chi connectivity index (χ4n) is 2.52. The van der Waals surface area contributed by atoms with E-state index in [1.165, 1.54) is 0 Å². The molecule has 0 saturated carbocycles. The van der Waals surface area contributed by atoms with Gasteiger partial charge < -0.3 is 5.32 Å². The molecule has 0 fully saturated rings. The van der Waals surface area contributed by atoms with Crippen molar-refractivity contribution in [2.24, 2.45) is 0 Å². The van der Waals surface area contributed by atoms with Crippen LogP contribution in [0.15, 0.2) is 42.6 Å². The van der Waals surface area contributed by atoms with Gasteiger partial charge in [0.25, 0.3) is 0 Å². The summed E-state index contributed by atoms with van der Waals surface area (Å²) in [7, 11) is 0. The van der Waals surface area contributed by atoms with E-state index in [-0.39, 0.29) is 5.91 Å². The van der Waals surface area contributed by atoms with Gasteiger partial charge in [0.15, 0.2) is 0 Å². The lowest BCUT2D eigenvalue weighted by Gasteiger charge is -2.07. The lowest BCUT2D eigenvalue weighted by atomic mass is 10.1. The third kappa shape index (κ3) is 3.22. The van der Waals surface area contributed by atoms with E-state index >= 15 is 0 Å². The summed E-state index contributed by atoms with van der Waals surface area (Å²) in [6.45, 7) is 4.00. The second-order valence-electron chi connectivity index (χ2n) is 5.55. The number of nitrogens with zero attached hydrogens (tertiary/aromatic N) is 2. The van der Waals surface area contributed by atoms with E-state index in [9.17, 15) is 4.79 Å². The van der Waals surface area contributed by atoms with Crippen LogP contribution in [0.1, 0.15) is 25.3 Å². The standard InChI is InChI=1S/C18H18ClN3O/c1-3-5-16(23)21-18-17(13-6-4-7-14(19)11-13)20-15-10-12(2)8-9-22(15)18/h4,6-11H,3,5H2,1-2H3,(H,21,23). The maximum Gasteiger partial charge on any atom is 0.225 e. The average molecular weight is 328 g/mol. The van der Waals surface area contributed by atoms with Crippen LogP contribution in [0.2, 0.25) is 5.02 Å². The van der Waals surface area contributed by atoms with E-state index in [0.717, 1.165) is 28.9 Å². The highest BCUT2D eigenvalue weighted by atomic mass is 35.5. The third-order valence-corrected chi connectivity index (χ3v) is 3.85. The first-order chi connectivity index (χ1) is 11.1. The average Bonchev–Trinajstić information content (AvgIpc) is 2.85. The minimum atomic E-state index is -0.0156. The highest BCUT2D eigenvalue weighted by molar-refractivity contribution is 6.30. The van der Waals surface area contributed by atoms with Crippen LogP contribution in [0.3, 0.4) is 0 Å². The number of hydrogen-bond donors (Lipinski definition) is 1. The molecule has 0 spiro atoms. The van der Waals surface area contributed by atoms with Crippen LogP contribution in [-0.4, -0.2) is 15.3 Å². The minimum Gasteiger partial charge on any atom is -0.310 e. The first-order valence-electron chi connectivity index (χ1n) is 7.63. The van der Waals surface area contributed by atoms with E-state index in [1.54, 1.807) is 0 Å². The number of aryl methyl sites for hydroxylation is 1. The molecule has 3 rings (SSSR count). The number of carbonyl (C=O) groups is 1. The van der Waals surface area contributed by atoms with Gasteiger partial charge >= 0.3 is 0 Å². The van der Waals surface area contributed by atoms with Crippen molar-refractivity contribution < 1.29 is 4.79 Å². The van der Waals surface area contributed by atoms with Crippen molar-refractivity contribution in [1.29, 1.82) is 0 Å². The molecule has 3 aromatic rings. The second-order valence-corrected chi connectivity index (χ2v) is 5.99. The zero-order valence-electron chi connectivity index (χ0n) is 13.1. The van der Waals surface area contributed by atoms with Crippen molar-refractivity contribution in [3.05, 3.63) is 53.2 Å². The van der Waals surface area contributed by atoms with Gasteiger partial charge in [0.05, 0.1) is 0 Å². The Bertz CT molecular complexity index is 870. The molecule has 1 N–H and O–H groups in total. The first kappa shape index (κ1) is 15.6. The van der Waals surface area contributed by atoms with Crippen LogP contribution < -0.4 is 5.32 Å². The number of pyridine rings is 1. The number of carbonyl (C=O) groups excluding carboxylic acids is 1. The Morgan fingerprint density at radius 2 is 2.13 bits per heavy atom. The molecular weight excluding hydrogens is 310 g/mol. The van der Waals surface area contributed by atoms with Gasteiger partial charge in [-0.1, -0.05) is 30.7 Å². The van der Waals surface area contributed by atoms with Gasteiger partial charge in [-0.2, -0.15) is 0 Å². The largest absolute Gasteiger partial charge is 0.310 e. The zero-order chi connectivity index (χ0) is 16.4. The van der Waals surface area contributed by atoms with E-state index in [0.29, 0.717) is 17.3 Å². The van der Waals surface area contributed by atoms with Gasteiger partial charge in [-0.05, 0) is 43.2 Å². The highest BCUT2D eigenvalue weighted by Gasteiger charge is 2.16. The molecular formula is C18H18ClN3O. The Hall–Kier alpha value is -2.33. The Morgan fingerprint density at radius 1 is 1.30 bits per heavy atom. The number of amides is 1. The van der Waals surface area contributed by atoms with Crippen molar-refractivity contribution in [2.75, 3.05) is 5.32 Å². The lowest BCUT2D eigenvalue weighted by Crippen LogP contribution is -2.13. The number of aromatic nitrogens is 2. The number of benzene rings is 1. The monoisotopic (exact) mass is 327 g/mol.